The summed E-state index contributed by atoms with van der Waals surface area (Å²) in [6.07, 6.45) is 1.03. The Kier molecular flexibility index (Phi) is 5.57. The molecule has 1 heterocycles. The summed E-state index contributed by atoms with van der Waals surface area (Å²) in [4.78, 5) is 15.2. The average molecular weight is 341 g/mol. The van der Waals surface area contributed by atoms with Gasteiger partial charge in [0.15, 0.2) is 0 Å². The maximum absolute atomic E-state index is 10.8. The molecule has 0 radical (unpaired) electrons. The fraction of sp³-hybridized carbons (Fsp3) is 0.533. The molecule has 1 aromatic carbocycles. The lowest BCUT2D eigenvalue weighted by Crippen LogP contribution is -2.34. The summed E-state index contributed by atoms with van der Waals surface area (Å²) in [5, 5.41) is 8.85. The average Bonchev–Trinajstić information content (AvgIpc) is 2.59. The molecule has 0 atom stereocenters. The highest BCUT2D eigenvalue weighted by atomic mass is 79.9. The van der Waals surface area contributed by atoms with Gasteiger partial charge >= 0.3 is 5.97 Å². The van der Waals surface area contributed by atoms with Gasteiger partial charge in [-0.2, -0.15) is 0 Å². The number of carboxylic acid groups (broad SMARTS) is 1. The monoisotopic (exact) mass is 340 g/mol. The summed E-state index contributed by atoms with van der Waals surface area (Å²) >= 11 is 3.57. The number of hydrogen-bond acceptors (Lipinski definition) is 3. The van der Waals surface area contributed by atoms with E-state index in [1.54, 1.807) is 0 Å². The second-order valence-electron chi connectivity index (χ2n) is 5.38. The zero-order valence-electron chi connectivity index (χ0n) is 11.8. The molecule has 1 aromatic rings. The molecule has 1 fully saturated rings. The zero-order chi connectivity index (χ0) is 14.5. The summed E-state index contributed by atoms with van der Waals surface area (Å²) in [5.41, 5.74) is 2.55. The number of aliphatic carboxylic acids is 1. The molecule has 4 nitrogen and oxygen atoms in total. The van der Waals surface area contributed by atoms with Gasteiger partial charge in [0.2, 0.25) is 0 Å². The minimum atomic E-state index is -0.735. The highest BCUT2D eigenvalue weighted by Gasteiger charge is 2.16. The van der Waals surface area contributed by atoms with Crippen molar-refractivity contribution in [2.45, 2.75) is 19.9 Å². The van der Waals surface area contributed by atoms with Crippen molar-refractivity contribution in [3.8, 4) is 0 Å². The molecule has 0 amide bonds. The zero-order valence-corrected chi connectivity index (χ0v) is 13.4. The number of nitrogens with zero attached hydrogens (tertiary/aromatic N) is 2. The third-order valence-corrected chi connectivity index (χ3v) is 4.54. The third kappa shape index (κ3) is 4.58. The van der Waals surface area contributed by atoms with Gasteiger partial charge < -0.3 is 5.11 Å². The number of rotatable bonds is 4. The minimum absolute atomic E-state index is 0.157. The number of aryl methyl sites for hydroxylation is 1. The molecular weight excluding hydrogens is 320 g/mol. The summed E-state index contributed by atoms with van der Waals surface area (Å²) in [6, 6.07) is 6.48. The van der Waals surface area contributed by atoms with E-state index in [1.165, 1.54) is 11.1 Å². The Morgan fingerprint density at radius 1 is 1.25 bits per heavy atom. The molecule has 1 N–H and O–H groups in total. The normalized spacial score (nSPS) is 17.9. The first-order valence-corrected chi connectivity index (χ1v) is 7.75. The van der Waals surface area contributed by atoms with E-state index < -0.39 is 5.97 Å². The lowest BCUT2D eigenvalue weighted by Gasteiger charge is -2.21. The third-order valence-electron chi connectivity index (χ3n) is 3.68. The van der Waals surface area contributed by atoms with Crippen LogP contribution in [0.4, 0.5) is 0 Å². The second-order valence-corrected chi connectivity index (χ2v) is 6.24. The Labute approximate surface area is 128 Å². The van der Waals surface area contributed by atoms with Crippen LogP contribution in [0.2, 0.25) is 0 Å². The summed E-state index contributed by atoms with van der Waals surface area (Å²) in [5.74, 6) is -0.735. The van der Waals surface area contributed by atoms with E-state index >= 15 is 0 Å². The van der Waals surface area contributed by atoms with Crippen LogP contribution in [0, 0.1) is 6.92 Å². The van der Waals surface area contributed by atoms with Crippen LogP contribution >= 0.6 is 15.9 Å². The predicted molar refractivity (Wildman–Crippen MR) is 82.8 cm³/mol. The molecular formula is C15H21BrN2O2. The van der Waals surface area contributed by atoms with Crippen LogP contribution in [0.15, 0.2) is 22.7 Å². The first kappa shape index (κ1) is 15.5. The van der Waals surface area contributed by atoms with Crippen molar-refractivity contribution in [1.29, 1.82) is 0 Å². The molecule has 0 unspecified atom stereocenters. The molecule has 20 heavy (non-hydrogen) atoms. The van der Waals surface area contributed by atoms with Crippen molar-refractivity contribution < 1.29 is 9.90 Å². The van der Waals surface area contributed by atoms with Crippen molar-refractivity contribution in [3.05, 3.63) is 33.8 Å². The maximum Gasteiger partial charge on any atom is 0.317 e. The van der Waals surface area contributed by atoms with Gasteiger partial charge in [0, 0.05) is 30.7 Å². The van der Waals surface area contributed by atoms with Crippen LogP contribution in [0.5, 0.6) is 0 Å². The van der Waals surface area contributed by atoms with Gasteiger partial charge in [-0.3, -0.25) is 14.6 Å². The van der Waals surface area contributed by atoms with E-state index in [4.69, 9.17) is 5.11 Å². The second kappa shape index (κ2) is 7.20. The van der Waals surface area contributed by atoms with E-state index in [0.717, 1.165) is 43.6 Å². The highest BCUT2D eigenvalue weighted by molar-refractivity contribution is 9.10. The molecule has 5 heteroatoms. The number of halogens is 1. The Bertz CT molecular complexity index is 479. The molecule has 110 valence electrons. The van der Waals surface area contributed by atoms with E-state index in [0.29, 0.717) is 0 Å². The highest BCUT2D eigenvalue weighted by Crippen LogP contribution is 2.19. The first-order valence-electron chi connectivity index (χ1n) is 6.96. The summed E-state index contributed by atoms with van der Waals surface area (Å²) in [7, 11) is 0. The van der Waals surface area contributed by atoms with E-state index in [9.17, 15) is 4.79 Å². The van der Waals surface area contributed by atoms with Gasteiger partial charge in [0.1, 0.15) is 0 Å². The number of carboxylic acids is 1. The van der Waals surface area contributed by atoms with Crippen LogP contribution in [0.3, 0.4) is 0 Å². The number of benzene rings is 1. The van der Waals surface area contributed by atoms with Gasteiger partial charge in [-0.05, 0) is 37.1 Å². The topological polar surface area (TPSA) is 43.8 Å². The molecule has 0 aliphatic carbocycles. The van der Waals surface area contributed by atoms with Crippen LogP contribution in [-0.4, -0.2) is 53.6 Å². The van der Waals surface area contributed by atoms with E-state index in [1.807, 2.05) is 4.90 Å². The first-order chi connectivity index (χ1) is 9.54. The molecule has 1 aliphatic rings. The molecule has 2 rings (SSSR count). The molecule has 1 saturated heterocycles. The van der Waals surface area contributed by atoms with Crippen molar-refractivity contribution in [3.63, 3.8) is 0 Å². The van der Waals surface area contributed by atoms with Crippen molar-refractivity contribution in [2.75, 3.05) is 32.7 Å². The minimum Gasteiger partial charge on any atom is -0.480 e. The Balaban J connectivity index is 1.90. The molecule has 0 spiro atoms. The molecule has 0 aromatic heterocycles. The number of carbonyl (C=O) groups is 1. The van der Waals surface area contributed by atoms with E-state index in [-0.39, 0.29) is 6.54 Å². The van der Waals surface area contributed by atoms with Crippen LogP contribution < -0.4 is 0 Å². The summed E-state index contributed by atoms with van der Waals surface area (Å²) in [6.45, 7) is 6.84. The SMILES string of the molecule is Cc1ccc(CN2CCCN(CC(=O)O)CC2)cc1Br. The predicted octanol–water partition coefficient (Wildman–Crippen LogP) is 2.35. The quantitative estimate of drug-likeness (QED) is 0.913. The summed E-state index contributed by atoms with van der Waals surface area (Å²) < 4.78 is 1.15. The Morgan fingerprint density at radius 2 is 1.95 bits per heavy atom. The molecule has 0 saturated carbocycles. The fourth-order valence-corrected chi connectivity index (χ4v) is 2.95. The van der Waals surface area contributed by atoms with Crippen LogP contribution in [0.25, 0.3) is 0 Å². The van der Waals surface area contributed by atoms with E-state index in [2.05, 4.69) is 46.0 Å². The lowest BCUT2D eigenvalue weighted by atomic mass is 10.1. The van der Waals surface area contributed by atoms with Gasteiger partial charge in [0.25, 0.3) is 0 Å². The van der Waals surface area contributed by atoms with Gasteiger partial charge in [-0.25, -0.2) is 0 Å². The van der Waals surface area contributed by atoms with Crippen LogP contribution in [-0.2, 0) is 11.3 Å². The van der Waals surface area contributed by atoms with Crippen molar-refractivity contribution >= 4 is 21.9 Å². The van der Waals surface area contributed by atoms with Gasteiger partial charge in [0.05, 0.1) is 6.54 Å². The Hall–Kier alpha value is -0.910. The fourth-order valence-electron chi connectivity index (χ4n) is 2.52. The number of hydrogen-bond donors (Lipinski definition) is 1. The smallest absolute Gasteiger partial charge is 0.317 e. The standard InChI is InChI=1S/C15H21BrN2O2/c1-12-3-4-13(9-14(12)16)10-17-5-2-6-18(8-7-17)11-15(19)20/h3-4,9H,2,5-8,10-11H2,1H3,(H,19,20). The molecule has 1 aliphatic heterocycles. The lowest BCUT2D eigenvalue weighted by molar-refractivity contribution is -0.138. The van der Waals surface area contributed by atoms with Gasteiger partial charge in [-0.1, -0.05) is 28.1 Å². The maximum atomic E-state index is 10.8. The van der Waals surface area contributed by atoms with Crippen LogP contribution in [0.1, 0.15) is 17.5 Å². The van der Waals surface area contributed by atoms with Gasteiger partial charge in [-0.15, -0.1) is 0 Å². The Morgan fingerprint density at radius 3 is 2.65 bits per heavy atom. The van der Waals surface area contributed by atoms with Crippen molar-refractivity contribution in [2.24, 2.45) is 0 Å². The largest absolute Gasteiger partial charge is 0.480 e. The van der Waals surface area contributed by atoms with Crippen molar-refractivity contribution in [1.82, 2.24) is 9.80 Å². The molecule has 0 bridgehead atoms.